The first kappa shape index (κ1) is 94.0. The third-order valence-electron chi connectivity index (χ3n) is 18.3. The van der Waals surface area contributed by atoms with Gasteiger partial charge in [0.15, 0.2) is 22.4 Å². The zero-order chi connectivity index (χ0) is 76.4. The lowest BCUT2D eigenvalue weighted by Crippen LogP contribution is -2.67. The normalized spacial score (nSPS) is 19.6. The van der Waals surface area contributed by atoms with Crippen LogP contribution < -0.4 is 27.3 Å². The lowest BCUT2D eigenvalue weighted by atomic mass is 9.75. The van der Waals surface area contributed by atoms with Gasteiger partial charge in [0.25, 0.3) is 0 Å². The topological polar surface area (TPSA) is 322 Å². The number of nitrogens with two attached hydrogens (primary N) is 2. The molecule has 8 atom stereocenters. The molecule has 25 nitrogen and oxygen atoms in total. The molecular weight excluding hydrogens is 1410 g/mol. The molecule has 2 radical (unpaired) electrons. The number of aliphatic hydroxyl groups excluding tert-OH is 3. The molecule has 0 amide bonds. The van der Waals surface area contributed by atoms with Gasteiger partial charge in [0, 0.05) is 86.6 Å². The highest BCUT2D eigenvalue weighted by molar-refractivity contribution is 6.94. The number of hydrogen-bond donors (Lipinski definition) is 7. The second-order valence-corrected chi connectivity index (χ2v) is 46.4. The zero-order valence-corrected chi connectivity index (χ0v) is 70.3. The Morgan fingerprint density at radius 2 is 1.17 bits per heavy atom. The highest BCUT2D eigenvalue weighted by Gasteiger charge is 2.53. The number of esters is 3. The van der Waals surface area contributed by atoms with Crippen LogP contribution in [0.15, 0.2) is 54.9 Å². The number of hydrogen-bond acceptors (Lipinski definition) is 25. The fourth-order valence-electron chi connectivity index (χ4n) is 13.4. The molecule has 2 aliphatic rings. The van der Waals surface area contributed by atoms with Gasteiger partial charge in [-0.2, -0.15) is 0 Å². The molecule has 2 aliphatic carbocycles. The summed E-state index contributed by atoms with van der Waals surface area (Å²) < 4.78 is 74.5. The number of likely N-dealkylation sites (N-methyl/N-ethyl adjacent to an activating group) is 1. The van der Waals surface area contributed by atoms with E-state index in [4.69, 9.17) is 65.8 Å². The van der Waals surface area contributed by atoms with Gasteiger partial charge in [-0.15, -0.1) is 0 Å². The van der Waals surface area contributed by atoms with Crippen LogP contribution in [-0.4, -0.2) is 260 Å². The van der Waals surface area contributed by atoms with E-state index in [0.717, 1.165) is 75.1 Å². The van der Waals surface area contributed by atoms with Crippen LogP contribution in [0.1, 0.15) is 144 Å². The zero-order valence-electron chi connectivity index (χ0n) is 65.3. The Balaban J connectivity index is 1.70. The van der Waals surface area contributed by atoms with E-state index in [9.17, 15) is 34.5 Å². The van der Waals surface area contributed by atoms with Crippen molar-refractivity contribution >= 4 is 72.6 Å². The number of carbonyl (C=O) groups excluding carboxylic acids is 4. The van der Waals surface area contributed by atoms with E-state index in [1.165, 1.54) is 0 Å². The van der Waals surface area contributed by atoms with Gasteiger partial charge in [-0.3, -0.25) is 29.0 Å². The van der Waals surface area contributed by atoms with Crippen molar-refractivity contribution < 1.29 is 88.9 Å². The molecule has 30 heteroatoms. The Hall–Kier alpha value is -3.18. The van der Waals surface area contributed by atoms with Crippen molar-refractivity contribution in [3.63, 3.8) is 0 Å². The predicted octanol–water partition coefficient (Wildman–Crippen LogP) is 7.60. The minimum Gasteiger partial charge on any atom is -0.466 e. The van der Waals surface area contributed by atoms with Crippen molar-refractivity contribution in [1.82, 2.24) is 20.4 Å². The molecule has 1 aromatic rings. The molecule has 0 aliphatic heterocycles. The summed E-state index contributed by atoms with van der Waals surface area (Å²) in [5.41, 5.74) is 12.4. The molecule has 0 spiro atoms. The highest BCUT2D eigenvalue weighted by Crippen LogP contribution is 2.39. The van der Waals surface area contributed by atoms with Gasteiger partial charge < -0.3 is 91.8 Å². The Labute approximate surface area is 625 Å². The third-order valence-corrected chi connectivity index (χ3v) is 35.2. The Bertz CT molecular complexity index is 2530. The highest BCUT2D eigenvalue weighted by atomic mass is 28.5. The van der Waals surface area contributed by atoms with Crippen LogP contribution in [0.25, 0.3) is 0 Å². The quantitative estimate of drug-likeness (QED) is 0.0143. The van der Waals surface area contributed by atoms with Crippen molar-refractivity contribution in [2.24, 2.45) is 23.3 Å². The van der Waals surface area contributed by atoms with Crippen LogP contribution in [-0.2, 0) is 73.5 Å². The third kappa shape index (κ3) is 40.2. The fourth-order valence-corrected chi connectivity index (χ4v) is 32.7. The van der Waals surface area contributed by atoms with Gasteiger partial charge in [0.1, 0.15) is 6.04 Å². The molecule has 0 saturated heterocycles. The van der Waals surface area contributed by atoms with E-state index in [1.54, 1.807) is 20.8 Å². The molecule has 594 valence electrons. The molecule has 3 rings (SSSR count). The van der Waals surface area contributed by atoms with Crippen molar-refractivity contribution in [1.29, 1.82) is 0 Å². The molecule has 2 saturated carbocycles. The van der Waals surface area contributed by atoms with E-state index in [-0.39, 0.29) is 118 Å². The van der Waals surface area contributed by atoms with Gasteiger partial charge in [-0.25, -0.2) is 0 Å². The summed E-state index contributed by atoms with van der Waals surface area (Å²) in [5.74, 6) is -0.224. The number of ether oxygens (including phenoxy) is 8. The first-order valence-corrected chi connectivity index (χ1v) is 50.1. The molecule has 0 heterocycles. The molecule has 9 N–H and O–H groups in total. The monoisotopic (exact) mass is 1540 g/mol. The number of benzene rings is 1. The molecular formula is C73H138N6O19Si5. The number of Topliss-reactive ketones (excluding diaryl/α,β-unsaturated/α-hetero) is 1. The fraction of sp³-hybridized carbons (Fsp3) is 0.808. The number of aliphatic hydroxyl groups is 3. The number of rotatable bonds is 60. The Morgan fingerprint density at radius 1 is 0.641 bits per heavy atom. The summed E-state index contributed by atoms with van der Waals surface area (Å²) in [6.45, 7) is 36.1. The van der Waals surface area contributed by atoms with Crippen LogP contribution in [0.5, 0.6) is 0 Å². The van der Waals surface area contributed by atoms with Crippen molar-refractivity contribution in [3.8, 4) is 0 Å². The Morgan fingerprint density at radius 3 is 1.73 bits per heavy atom. The summed E-state index contributed by atoms with van der Waals surface area (Å²) in [4.78, 5) is 57.0. The van der Waals surface area contributed by atoms with E-state index in [1.807, 2.05) is 63.1 Å². The largest absolute Gasteiger partial charge is 0.507 e. The second kappa shape index (κ2) is 51.3. The summed E-state index contributed by atoms with van der Waals surface area (Å²) >= 11 is 0. The van der Waals surface area contributed by atoms with Gasteiger partial charge in [0.2, 0.25) is 9.76 Å². The smallest absolute Gasteiger partial charge is 0.466 e. The van der Waals surface area contributed by atoms with Crippen molar-refractivity contribution in [2.75, 3.05) is 113 Å². The number of ketones is 1. The number of nitrogens with one attached hydrogen (secondary N) is 2. The van der Waals surface area contributed by atoms with Crippen molar-refractivity contribution in [3.05, 3.63) is 54.9 Å². The first-order chi connectivity index (χ1) is 48.9. The predicted molar refractivity (Wildman–Crippen MR) is 414 cm³/mol. The Kier molecular flexibility index (Phi) is 46.8. The maximum absolute atomic E-state index is 14.1. The standard InChI is InChI=1S/C73H138N6O19Si5/c1-16-26-70(83)68(44-71(84)92-17-2)79(63-35-31-61(32-36-63)43-60-29-33-62(34-30-60)78(9)69(73(86)94-19-4)45-72(85)93-18-3)48-66(82)55-89-39-24-41-100(10,11)96-102(14,15)98-103(67-27-21-20-22-28-67,95-99-40-23-37-87-53-64(80)46-76-58(7)51-90-49-56(5)74)97-101(12,13)42-25-38-88-54-65(81)47-77-59(8)52-91-50-57(6)75/h20-22,27-28,56,58,60-66,68-69,76-77,80-82H,6,8,16-19,23-26,29-55,74-75H2,1-5,7,9-15H3. The lowest BCUT2D eigenvalue weighted by Gasteiger charge is -2.43. The lowest BCUT2D eigenvalue weighted by molar-refractivity contribution is -0.157. The van der Waals surface area contributed by atoms with Crippen molar-refractivity contribution in [2.45, 2.75) is 256 Å². The summed E-state index contributed by atoms with van der Waals surface area (Å²) in [6.07, 6.45) is 9.08. The summed E-state index contributed by atoms with van der Waals surface area (Å²) in [6, 6.07) is 10.8. The van der Waals surface area contributed by atoms with Crippen LogP contribution in [0, 0.1) is 11.8 Å². The summed E-state index contributed by atoms with van der Waals surface area (Å²) in [5, 5.41) is 40.4. The minimum absolute atomic E-state index is 0.00787. The van der Waals surface area contributed by atoms with Gasteiger partial charge >= 0.3 is 35.3 Å². The average molecular weight is 1540 g/mol. The van der Waals surface area contributed by atoms with Crippen LogP contribution in [0.2, 0.25) is 57.4 Å². The van der Waals surface area contributed by atoms with E-state index >= 15 is 0 Å². The first-order valence-electron chi connectivity index (χ1n) is 38.2. The van der Waals surface area contributed by atoms with Crippen LogP contribution in [0.4, 0.5) is 0 Å². The maximum Gasteiger partial charge on any atom is 0.507 e. The molecule has 0 aromatic heterocycles. The number of nitrogens with zero attached hydrogens (tertiary/aromatic N) is 2. The van der Waals surface area contributed by atoms with Gasteiger partial charge in [-0.1, -0.05) is 50.4 Å². The molecule has 0 bridgehead atoms. The molecule has 8 unspecified atom stereocenters. The van der Waals surface area contributed by atoms with E-state index in [2.05, 4.69) is 68.0 Å². The molecule has 103 heavy (non-hydrogen) atoms. The number of carbonyl (C=O) groups is 4. The second-order valence-electron chi connectivity index (χ2n) is 29.8. The van der Waals surface area contributed by atoms with E-state index in [0.29, 0.717) is 101 Å². The average Bonchev–Trinajstić information content (AvgIpc) is 0.781. The summed E-state index contributed by atoms with van der Waals surface area (Å²) in [7, 11) is -10.0. The molecule has 1 aromatic carbocycles. The van der Waals surface area contributed by atoms with Crippen LogP contribution >= 0.6 is 0 Å². The van der Waals surface area contributed by atoms with Gasteiger partial charge in [-0.05, 0) is 194 Å². The van der Waals surface area contributed by atoms with Crippen LogP contribution in [0.3, 0.4) is 0 Å². The maximum atomic E-state index is 14.1. The van der Waals surface area contributed by atoms with Gasteiger partial charge in [0.05, 0.1) is 103 Å². The molecule has 2 fully saturated rings. The van der Waals surface area contributed by atoms with E-state index < -0.39 is 82.3 Å². The minimum atomic E-state index is -3.76. The SMILES string of the molecule is C=C(N)COCC(=C)NCC(O)COCCC[Si](C)(C)O[Si](O[Si]CCCOCC(O)CNC(C)COCC(C)N)(O[Si](C)(C)O[Si](C)(C)CCCOCC(O)CN(C1CCC(CC2CCC(N(C)C(CC(=O)OCC)C(=O)OCC)CC2)CC1)C(CC(=O)OCC)C(=O)CCC)c1ccccc1.